The Balaban J connectivity index is 1.52. The van der Waals surface area contributed by atoms with Gasteiger partial charge in [-0.05, 0) is 26.0 Å². The molecule has 4 aromatic heterocycles. The predicted molar refractivity (Wildman–Crippen MR) is 122 cm³/mol. The second-order valence-corrected chi connectivity index (χ2v) is 9.37. The van der Waals surface area contributed by atoms with Gasteiger partial charge >= 0.3 is 6.18 Å². The number of halogens is 4. The summed E-state index contributed by atoms with van der Waals surface area (Å²) in [5, 5.41) is 16.2. The topological polar surface area (TPSA) is 78.4 Å². The number of aromatic nitrogens is 7. The van der Waals surface area contributed by atoms with E-state index in [9.17, 15) is 13.2 Å². The quantitative estimate of drug-likeness (QED) is 0.417. The smallest absolute Gasteiger partial charge is 0.342 e. The highest BCUT2D eigenvalue weighted by atomic mass is 35.5. The van der Waals surface area contributed by atoms with Crippen LogP contribution in [0.25, 0.3) is 22.6 Å². The highest BCUT2D eigenvalue weighted by Gasteiger charge is 2.36. The minimum atomic E-state index is -4.25. The molecular formula is C22H22ClF3N8. The molecule has 0 amide bonds. The number of alkyl halides is 3. The number of hydrogen-bond donors (Lipinski definition) is 1. The summed E-state index contributed by atoms with van der Waals surface area (Å²) < 4.78 is 44.0. The number of nitrogens with one attached hydrogen (secondary N) is 1. The molecule has 0 aliphatic carbocycles. The molecule has 0 atom stereocenters. The zero-order valence-corrected chi connectivity index (χ0v) is 19.5. The largest absolute Gasteiger partial charge is 0.389 e. The summed E-state index contributed by atoms with van der Waals surface area (Å²) in [7, 11) is 1.82. The molecule has 0 bridgehead atoms. The zero-order valence-electron chi connectivity index (χ0n) is 18.7. The third-order valence-corrected chi connectivity index (χ3v) is 6.20. The standard InChI is InChI=1S/C22H22ClF3N8/c1-21(2)12-33-11-13(8-16(33)20-31-30-19(34(20)21)4-6-22(24,25)26)14-9-17(27-10-15(14)23)29-18-5-7-28-32(18)3/h5,7-11H,4,6,12H2,1-3H3,(H,27,29). The minimum Gasteiger partial charge on any atom is -0.342 e. The maximum atomic E-state index is 12.8. The van der Waals surface area contributed by atoms with Crippen LogP contribution in [0.2, 0.25) is 5.02 Å². The van der Waals surface area contributed by atoms with Crippen LogP contribution in [-0.2, 0) is 25.6 Å². The Morgan fingerprint density at radius 1 is 1.21 bits per heavy atom. The molecular weight excluding hydrogens is 469 g/mol. The number of hydrogen-bond acceptors (Lipinski definition) is 5. The lowest BCUT2D eigenvalue weighted by Crippen LogP contribution is -2.37. The van der Waals surface area contributed by atoms with E-state index < -0.39 is 18.1 Å². The molecule has 4 aromatic rings. The van der Waals surface area contributed by atoms with Crippen molar-refractivity contribution in [1.29, 1.82) is 0 Å². The third-order valence-electron chi connectivity index (χ3n) is 5.89. The van der Waals surface area contributed by atoms with E-state index in [0.717, 1.165) is 22.6 Å². The monoisotopic (exact) mass is 490 g/mol. The van der Waals surface area contributed by atoms with Crippen molar-refractivity contribution in [2.24, 2.45) is 7.05 Å². The molecule has 0 unspecified atom stereocenters. The van der Waals surface area contributed by atoms with Gasteiger partial charge in [0.2, 0.25) is 0 Å². The first kappa shape index (κ1) is 22.5. The van der Waals surface area contributed by atoms with Crippen LogP contribution in [0.15, 0.2) is 36.8 Å². The summed E-state index contributed by atoms with van der Waals surface area (Å²) in [5.74, 6) is 2.25. The van der Waals surface area contributed by atoms with Gasteiger partial charge < -0.3 is 14.5 Å². The molecule has 0 saturated carbocycles. The van der Waals surface area contributed by atoms with E-state index in [0.29, 0.717) is 29.0 Å². The van der Waals surface area contributed by atoms with Gasteiger partial charge in [-0.2, -0.15) is 18.3 Å². The predicted octanol–water partition coefficient (Wildman–Crippen LogP) is 5.18. The van der Waals surface area contributed by atoms with Crippen molar-refractivity contribution in [2.45, 2.75) is 44.9 Å². The SMILES string of the molecule is Cn1nccc1Nc1cc(-c2cc3n(c2)CC(C)(C)n2c(CCC(F)(F)F)nnc2-3)c(Cl)cn1. The summed E-state index contributed by atoms with van der Waals surface area (Å²) in [6.45, 7) is 4.49. The van der Waals surface area contributed by atoms with E-state index in [1.165, 1.54) is 0 Å². The normalized spacial score (nSPS) is 14.7. The number of nitrogens with zero attached hydrogens (tertiary/aromatic N) is 7. The number of aryl methyl sites for hydroxylation is 2. The Labute approximate surface area is 198 Å². The van der Waals surface area contributed by atoms with Crippen LogP contribution >= 0.6 is 11.6 Å². The molecule has 0 spiro atoms. The van der Waals surface area contributed by atoms with Gasteiger partial charge in [-0.3, -0.25) is 4.68 Å². The van der Waals surface area contributed by atoms with Gasteiger partial charge in [-0.15, -0.1) is 10.2 Å². The number of pyridine rings is 1. The molecule has 0 saturated heterocycles. The van der Waals surface area contributed by atoms with E-state index in [2.05, 4.69) is 25.6 Å². The third kappa shape index (κ3) is 4.04. The van der Waals surface area contributed by atoms with E-state index in [-0.39, 0.29) is 6.42 Å². The lowest BCUT2D eigenvalue weighted by molar-refractivity contribution is -0.134. The Morgan fingerprint density at radius 3 is 2.71 bits per heavy atom. The van der Waals surface area contributed by atoms with Gasteiger partial charge in [0.15, 0.2) is 5.82 Å². The van der Waals surface area contributed by atoms with Crippen molar-refractivity contribution in [1.82, 2.24) is 34.1 Å². The van der Waals surface area contributed by atoms with Crippen LogP contribution in [0.4, 0.5) is 24.8 Å². The van der Waals surface area contributed by atoms with Crippen molar-refractivity contribution >= 4 is 23.2 Å². The molecule has 0 fully saturated rings. The Hall–Kier alpha value is -3.34. The second kappa shape index (κ2) is 7.86. The first-order valence-electron chi connectivity index (χ1n) is 10.6. The van der Waals surface area contributed by atoms with Gasteiger partial charge in [-0.25, -0.2) is 4.98 Å². The van der Waals surface area contributed by atoms with E-state index >= 15 is 0 Å². The Kier molecular flexibility index (Phi) is 5.19. The van der Waals surface area contributed by atoms with Gasteiger partial charge in [0.05, 0.1) is 28.9 Å². The molecule has 0 aromatic carbocycles. The van der Waals surface area contributed by atoms with E-state index in [1.54, 1.807) is 17.1 Å². The van der Waals surface area contributed by atoms with Crippen LogP contribution in [0.3, 0.4) is 0 Å². The van der Waals surface area contributed by atoms with Crippen molar-refractivity contribution in [3.8, 4) is 22.6 Å². The van der Waals surface area contributed by atoms with Crippen LogP contribution in [0, 0.1) is 0 Å². The molecule has 5 heterocycles. The summed E-state index contributed by atoms with van der Waals surface area (Å²) in [6.07, 6.45) is -0.174. The average molecular weight is 491 g/mol. The van der Waals surface area contributed by atoms with E-state index in [1.807, 2.05) is 54.4 Å². The lowest BCUT2D eigenvalue weighted by atomic mass is 10.0. The molecule has 178 valence electrons. The van der Waals surface area contributed by atoms with Crippen molar-refractivity contribution < 1.29 is 13.2 Å². The molecule has 1 aliphatic rings. The summed E-state index contributed by atoms with van der Waals surface area (Å²) in [5.41, 5.74) is 1.88. The van der Waals surface area contributed by atoms with Crippen molar-refractivity contribution in [3.63, 3.8) is 0 Å². The molecule has 0 radical (unpaired) electrons. The first-order valence-corrected chi connectivity index (χ1v) is 11.0. The highest BCUT2D eigenvalue weighted by molar-refractivity contribution is 6.33. The van der Waals surface area contributed by atoms with Gasteiger partial charge in [0.25, 0.3) is 0 Å². The molecule has 12 heteroatoms. The average Bonchev–Trinajstić information content (AvgIpc) is 3.46. The van der Waals surface area contributed by atoms with Crippen LogP contribution in [0.5, 0.6) is 0 Å². The molecule has 8 nitrogen and oxygen atoms in total. The summed E-state index contributed by atoms with van der Waals surface area (Å²) in [6, 6.07) is 5.61. The van der Waals surface area contributed by atoms with Gasteiger partial charge in [0.1, 0.15) is 17.5 Å². The minimum absolute atomic E-state index is 0.216. The molecule has 1 aliphatic heterocycles. The Bertz CT molecular complexity index is 1360. The summed E-state index contributed by atoms with van der Waals surface area (Å²) >= 11 is 6.50. The van der Waals surface area contributed by atoms with Crippen LogP contribution < -0.4 is 5.32 Å². The first-order chi connectivity index (χ1) is 16.0. The molecule has 5 rings (SSSR count). The molecule has 1 N–H and O–H groups in total. The number of anilines is 2. The van der Waals surface area contributed by atoms with Crippen molar-refractivity contribution in [2.75, 3.05) is 5.32 Å². The van der Waals surface area contributed by atoms with Crippen LogP contribution in [-0.4, -0.2) is 40.3 Å². The lowest BCUT2D eigenvalue weighted by Gasteiger charge is -2.34. The zero-order chi connectivity index (χ0) is 24.3. The maximum absolute atomic E-state index is 12.8. The summed E-state index contributed by atoms with van der Waals surface area (Å²) in [4.78, 5) is 4.36. The number of fused-ring (bicyclic) bond motifs is 3. The fraction of sp³-hybridized carbons (Fsp3) is 0.364. The number of rotatable bonds is 5. The van der Waals surface area contributed by atoms with Crippen molar-refractivity contribution in [3.05, 3.63) is 47.6 Å². The second-order valence-electron chi connectivity index (χ2n) is 8.96. The maximum Gasteiger partial charge on any atom is 0.389 e. The van der Waals surface area contributed by atoms with Crippen LogP contribution in [0.1, 0.15) is 26.1 Å². The molecule has 34 heavy (non-hydrogen) atoms. The highest BCUT2D eigenvalue weighted by Crippen LogP contribution is 2.39. The van der Waals surface area contributed by atoms with E-state index in [4.69, 9.17) is 11.6 Å². The van der Waals surface area contributed by atoms with Gasteiger partial charge in [-0.1, -0.05) is 11.6 Å². The Morgan fingerprint density at radius 2 is 2.00 bits per heavy atom. The van der Waals surface area contributed by atoms with Gasteiger partial charge in [0, 0.05) is 49.6 Å². The fourth-order valence-corrected chi connectivity index (χ4v) is 4.57. The fourth-order valence-electron chi connectivity index (χ4n) is 4.35.